The molecule has 2 heterocycles. The second-order valence-electron chi connectivity index (χ2n) is 4.13. The van der Waals surface area contributed by atoms with Gasteiger partial charge in [0.05, 0.1) is 22.9 Å². The van der Waals surface area contributed by atoms with Crippen molar-refractivity contribution >= 4 is 17.0 Å². The van der Waals surface area contributed by atoms with Gasteiger partial charge in [-0.2, -0.15) is 0 Å². The maximum absolute atomic E-state index is 13.4. The Bertz CT molecular complexity index is 788. The molecule has 2 aromatic heterocycles. The number of rotatable bonds is 2. The van der Waals surface area contributed by atoms with E-state index in [0.29, 0.717) is 22.7 Å². The number of nitrogens with one attached hydrogen (secondary N) is 1. The van der Waals surface area contributed by atoms with Crippen LogP contribution in [0.25, 0.3) is 22.4 Å². The van der Waals surface area contributed by atoms with Gasteiger partial charge in [-0.3, -0.25) is 0 Å². The minimum atomic E-state index is -1.22. The molecular formula is C13H9FN2O3. The van der Waals surface area contributed by atoms with Gasteiger partial charge < -0.3 is 14.5 Å². The van der Waals surface area contributed by atoms with Gasteiger partial charge in [0.25, 0.3) is 0 Å². The third kappa shape index (κ3) is 1.77. The Morgan fingerprint density at radius 2 is 2.26 bits per heavy atom. The van der Waals surface area contributed by atoms with E-state index >= 15 is 0 Å². The average Bonchev–Trinajstić information content (AvgIpc) is 2.93. The van der Waals surface area contributed by atoms with Gasteiger partial charge in [-0.15, -0.1) is 0 Å². The van der Waals surface area contributed by atoms with E-state index in [2.05, 4.69) is 9.97 Å². The van der Waals surface area contributed by atoms with E-state index in [1.54, 1.807) is 13.0 Å². The molecule has 0 saturated heterocycles. The zero-order valence-electron chi connectivity index (χ0n) is 9.90. The largest absolute Gasteiger partial charge is 0.478 e. The molecule has 0 atom stereocenters. The van der Waals surface area contributed by atoms with Crippen LogP contribution in [0.3, 0.4) is 0 Å². The minimum absolute atomic E-state index is 0.168. The van der Waals surface area contributed by atoms with E-state index in [0.717, 1.165) is 6.07 Å². The summed E-state index contributed by atoms with van der Waals surface area (Å²) in [6, 6.07) is 3.88. The Labute approximate surface area is 106 Å². The van der Waals surface area contributed by atoms with Crippen molar-refractivity contribution in [2.45, 2.75) is 6.92 Å². The molecule has 0 bridgehead atoms. The fraction of sp³-hybridized carbons (Fsp3) is 0.0769. The number of carboxylic acids is 1. The van der Waals surface area contributed by atoms with Crippen LogP contribution in [0.2, 0.25) is 0 Å². The lowest BCUT2D eigenvalue weighted by Gasteiger charge is -1.95. The fourth-order valence-corrected chi connectivity index (χ4v) is 2.00. The van der Waals surface area contributed by atoms with Gasteiger partial charge in [-0.05, 0) is 25.1 Å². The second kappa shape index (κ2) is 3.94. The number of benzene rings is 1. The van der Waals surface area contributed by atoms with Crippen LogP contribution in [0.15, 0.2) is 28.9 Å². The number of aromatic nitrogens is 2. The normalized spacial score (nSPS) is 11.1. The third-order valence-corrected chi connectivity index (χ3v) is 2.90. The van der Waals surface area contributed by atoms with E-state index in [4.69, 9.17) is 9.52 Å². The van der Waals surface area contributed by atoms with Crippen LogP contribution in [0.1, 0.15) is 16.1 Å². The Morgan fingerprint density at radius 1 is 1.47 bits per heavy atom. The molecule has 0 aliphatic carbocycles. The topological polar surface area (TPSA) is 79.1 Å². The molecule has 0 fully saturated rings. The first-order chi connectivity index (χ1) is 9.06. The molecule has 5 nitrogen and oxygen atoms in total. The van der Waals surface area contributed by atoms with Crippen molar-refractivity contribution in [3.8, 4) is 11.4 Å². The van der Waals surface area contributed by atoms with Crippen molar-refractivity contribution in [3.63, 3.8) is 0 Å². The van der Waals surface area contributed by atoms with Gasteiger partial charge in [0.1, 0.15) is 22.9 Å². The number of furan rings is 1. The molecule has 3 aromatic rings. The molecule has 0 saturated carbocycles. The molecule has 3 rings (SSSR count). The number of imidazole rings is 1. The summed E-state index contributed by atoms with van der Waals surface area (Å²) in [6.45, 7) is 1.77. The van der Waals surface area contributed by atoms with Crippen LogP contribution >= 0.6 is 0 Å². The van der Waals surface area contributed by atoms with Crippen molar-refractivity contribution in [3.05, 3.63) is 41.6 Å². The Kier molecular flexibility index (Phi) is 2.38. The number of nitrogens with zero attached hydrogens (tertiary/aromatic N) is 1. The van der Waals surface area contributed by atoms with E-state index in [-0.39, 0.29) is 11.1 Å². The van der Waals surface area contributed by atoms with Crippen molar-refractivity contribution in [2.75, 3.05) is 0 Å². The Balaban J connectivity index is 2.29. The van der Waals surface area contributed by atoms with Crippen LogP contribution in [0.5, 0.6) is 0 Å². The van der Waals surface area contributed by atoms with Crippen LogP contribution < -0.4 is 0 Å². The maximum atomic E-state index is 13.4. The number of halogens is 1. The Hall–Kier alpha value is -2.63. The highest BCUT2D eigenvalue weighted by atomic mass is 19.1. The number of aryl methyl sites for hydroxylation is 1. The van der Waals surface area contributed by atoms with Gasteiger partial charge in [-0.1, -0.05) is 0 Å². The van der Waals surface area contributed by atoms with Crippen LogP contribution in [0.4, 0.5) is 4.39 Å². The molecule has 1 aromatic carbocycles. The fourth-order valence-electron chi connectivity index (χ4n) is 2.00. The summed E-state index contributed by atoms with van der Waals surface area (Å²) >= 11 is 0. The lowest BCUT2D eigenvalue weighted by atomic mass is 10.2. The second-order valence-corrected chi connectivity index (χ2v) is 4.13. The summed E-state index contributed by atoms with van der Waals surface area (Å²) in [5, 5.41) is 9.06. The lowest BCUT2D eigenvalue weighted by Crippen LogP contribution is -1.98. The molecule has 0 aliphatic heterocycles. The average molecular weight is 260 g/mol. The summed E-state index contributed by atoms with van der Waals surface area (Å²) in [4.78, 5) is 18.2. The van der Waals surface area contributed by atoms with E-state index < -0.39 is 11.8 Å². The number of aromatic amines is 1. The van der Waals surface area contributed by atoms with Crippen LogP contribution in [-0.4, -0.2) is 21.0 Å². The monoisotopic (exact) mass is 260 g/mol. The van der Waals surface area contributed by atoms with Crippen LogP contribution in [-0.2, 0) is 0 Å². The highest BCUT2D eigenvalue weighted by Gasteiger charge is 2.17. The van der Waals surface area contributed by atoms with Crippen molar-refractivity contribution < 1.29 is 18.7 Å². The molecule has 0 amide bonds. The van der Waals surface area contributed by atoms with E-state index in [1.807, 2.05) is 0 Å². The molecule has 6 heteroatoms. The molecule has 96 valence electrons. The van der Waals surface area contributed by atoms with Gasteiger partial charge >= 0.3 is 5.97 Å². The maximum Gasteiger partial charge on any atom is 0.338 e. The minimum Gasteiger partial charge on any atom is -0.478 e. The van der Waals surface area contributed by atoms with Gasteiger partial charge in [0, 0.05) is 0 Å². The standard InChI is InChI=1S/C13H9FN2O3/c1-6-8(2-3-19-6)12-15-10-5-7(14)4-9(13(17)18)11(10)16-12/h2-5H,1H3,(H,15,16)(H,17,18). The summed E-state index contributed by atoms with van der Waals surface area (Å²) in [6.07, 6.45) is 1.51. The zero-order chi connectivity index (χ0) is 13.6. The molecule has 2 N–H and O–H groups in total. The predicted octanol–water partition coefficient (Wildman–Crippen LogP) is 2.97. The zero-order valence-corrected chi connectivity index (χ0v) is 9.90. The number of carbonyl (C=O) groups is 1. The smallest absolute Gasteiger partial charge is 0.338 e. The van der Waals surface area contributed by atoms with Gasteiger partial charge in [0.2, 0.25) is 0 Å². The van der Waals surface area contributed by atoms with Crippen molar-refractivity contribution in [1.82, 2.24) is 9.97 Å². The third-order valence-electron chi connectivity index (χ3n) is 2.90. The number of fused-ring (bicyclic) bond motifs is 1. The highest BCUT2D eigenvalue weighted by molar-refractivity contribution is 6.01. The summed E-state index contributed by atoms with van der Waals surface area (Å²) in [7, 11) is 0. The highest BCUT2D eigenvalue weighted by Crippen LogP contribution is 2.26. The van der Waals surface area contributed by atoms with E-state index in [1.165, 1.54) is 12.3 Å². The van der Waals surface area contributed by atoms with Crippen molar-refractivity contribution in [2.24, 2.45) is 0 Å². The molecule has 0 radical (unpaired) electrons. The number of hydrogen-bond acceptors (Lipinski definition) is 3. The van der Waals surface area contributed by atoms with Crippen LogP contribution in [0, 0.1) is 12.7 Å². The van der Waals surface area contributed by atoms with Gasteiger partial charge in [0.15, 0.2) is 0 Å². The number of hydrogen-bond donors (Lipinski definition) is 2. The molecular weight excluding hydrogens is 251 g/mol. The summed E-state index contributed by atoms with van der Waals surface area (Å²) in [5.74, 6) is -0.735. The molecule has 0 aliphatic rings. The summed E-state index contributed by atoms with van der Waals surface area (Å²) in [5.41, 5.74) is 1.11. The number of carboxylic acid groups (broad SMARTS) is 1. The number of aromatic carboxylic acids is 1. The molecule has 0 spiro atoms. The first-order valence-electron chi connectivity index (χ1n) is 5.53. The first kappa shape index (κ1) is 11.5. The quantitative estimate of drug-likeness (QED) is 0.742. The van der Waals surface area contributed by atoms with Crippen molar-refractivity contribution in [1.29, 1.82) is 0 Å². The number of H-pyrrole nitrogens is 1. The molecule has 0 unspecified atom stereocenters. The SMILES string of the molecule is Cc1occc1-c1nc2c(C(=O)O)cc(F)cc2[nH]1. The lowest BCUT2D eigenvalue weighted by molar-refractivity contribution is 0.0698. The van der Waals surface area contributed by atoms with E-state index in [9.17, 15) is 9.18 Å². The first-order valence-corrected chi connectivity index (χ1v) is 5.53. The molecule has 19 heavy (non-hydrogen) atoms. The summed E-state index contributed by atoms with van der Waals surface area (Å²) < 4.78 is 18.5. The predicted molar refractivity (Wildman–Crippen MR) is 65.5 cm³/mol. The van der Waals surface area contributed by atoms with Gasteiger partial charge in [-0.25, -0.2) is 14.2 Å². The Morgan fingerprint density at radius 3 is 2.89 bits per heavy atom.